The fourth-order valence-electron chi connectivity index (χ4n) is 1.74. The van der Waals surface area contributed by atoms with E-state index in [1.807, 2.05) is 32.2 Å². The average molecular weight is 345 g/mol. The highest BCUT2D eigenvalue weighted by Crippen LogP contribution is 2.29. The van der Waals surface area contributed by atoms with Gasteiger partial charge in [0.15, 0.2) is 0 Å². The summed E-state index contributed by atoms with van der Waals surface area (Å²) in [5.74, 6) is 2.43. The van der Waals surface area contributed by atoms with E-state index in [0.717, 1.165) is 21.6 Å². The zero-order valence-corrected chi connectivity index (χ0v) is 13.1. The summed E-state index contributed by atoms with van der Waals surface area (Å²) in [7, 11) is 1.88. The van der Waals surface area contributed by atoms with Crippen molar-refractivity contribution in [3.05, 3.63) is 50.8 Å². The molecule has 1 aromatic carbocycles. The Hall–Kier alpha value is -0.970. The maximum absolute atomic E-state index is 6.08. The Kier molecular flexibility index (Phi) is 4.91. The maximum atomic E-state index is 6.08. The molecule has 0 saturated heterocycles. The highest BCUT2D eigenvalue weighted by molar-refractivity contribution is 9.10. The molecule has 0 atom stereocenters. The minimum absolute atomic E-state index is 0.440. The van der Waals surface area contributed by atoms with Crippen LogP contribution in [0, 0.1) is 6.92 Å². The lowest BCUT2D eigenvalue weighted by Crippen LogP contribution is -2.03. The zero-order valence-electron chi connectivity index (χ0n) is 10.8. The fourth-order valence-corrected chi connectivity index (χ4v) is 2.25. The topological polar surface area (TPSA) is 34.4 Å². The lowest BCUT2D eigenvalue weighted by atomic mass is 10.2. The van der Waals surface area contributed by atoms with E-state index < -0.39 is 0 Å². The van der Waals surface area contributed by atoms with Gasteiger partial charge in [-0.25, -0.2) is 0 Å². The van der Waals surface area contributed by atoms with Crippen molar-refractivity contribution >= 4 is 27.5 Å². The second-order valence-corrected chi connectivity index (χ2v) is 5.51. The van der Waals surface area contributed by atoms with E-state index in [4.69, 9.17) is 20.8 Å². The number of furan rings is 1. The van der Waals surface area contributed by atoms with Gasteiger partial charge in [0.25, 0.3) is 0 Å². The molecular weight excluding hydrogens is 330 g/mol. The van der Waals surface area contributed by atoms with Gasteiger partial charge in [-0.05, 0) is 38.2 Å². The molecule has 0 spiro atoms. The van der Waals surface area contributed by atoms with Crippen molar-refractivity contribution in [2.45, 2.75) is 20.1 Å². The molecule has 1 aromatic heterocycles. The Morgan fingerprint density at radius 3 is 2.89 bits per heavy atom. The standard InChI is InChI=1S/C14H15BrClNO2/c1-9-10(5-12(19-9)7-17-2)8-18-14-6-11(15)3-4-13(14)16/h3-6,17H,7-8H2,1-2H3. The number of rotatable bonds is 5. The van der Waals surface area contributed by atoms with Crippen molar-refractivity contribution in [2.75, 3.05) is 7.05 Å². The van der Waals surface area contributed by atoms with Gasteiger partial charge in [0, 0.05) is 10.0 Å². The molecule has 0 aliphatic carbocycles. The number of ether oxygens (including phenoxy) is 1. The van der Waals surface area contributed by atoms with Gasteiger partial charge in [0.05, 0.1) is 11.6 Å². The van der Waals surface area contributed by atoms with Gasteiger partial charge >= 0.3 is 0 Å². The van der Waals surface area contributed by atoms with Gasteiger partial charge in [-0.1, -0.05) is 27.5 Å². The first-order chi connectivity index (χ1) is 9.10. The molecule has 1 N–H and O–H groups in total. The SMILES string of the molecule is CNCc1cc(COc2cc(Br)ccc2Cl)c(C)o1. The third-order valence-electron chi connectivity index (χ3n) is 2.70. The van der Waals surface area contributed by atoms with E-state index in [2.05, 4.69) is 21.2 Å². The molecule has 2 aromatic rings. The zero-order chi connectivity index (χ0) is 13.8. The van der Waals surface area contributed by atoms with E-state index in [1.54, 1.807) is 6.07 Å². The summed E-state index contributed by atoms with van der Waals surface area (Å²) >= 11 is 9.47. The predicted molar refractivity (Wildman–Crippen MR) is 79.7 cm³/mol. The normalized spacial score (nSPS) is 10.7. The van der Waals surface area contributed by atoms with Gasteiger partial charge in [0.2, 0.25) is 0 Å². The van der Waals surface area contributed by atoms with Crippen LogP contribution in [0.25, 0.3) is 0 Å². The van der Waals surface area contributed by atoms with Gasteiger partial charge in [-0.2, -0.15) is 0 Å². The molecule has 1 heterocycles. The summed E-state index contributed by atoms with van der Waals surface area (Å²) in [5, 5.41) is 3.65. The molecule has 5 heteroatoms. The lowest BCUT2D eigenvalue weighted by Gasteiger charge is -2.07. The third kappa shape index (κ3) is 3.75. The van der Waals surface area contributed by atoms with Crippen molar-refractivity contribution in [2.24, 2.45) is 0 Å². The highest BCUT2D eigenvalue weighted by Gasteiger charge is 2.09. The first kappa shape index (κ1) is 14.4. The molecular formula is C14H15BrClNO2. The first-order valence-corrected chi connectivity index (χ1v) is 7.08. The summed E-state index contributed by atoms with van der Waals surface area (Å²) in [5.41, 5.74) is 1.03. The monoisotopic (exact) mass is 343 g/mol. The van der Waals surface area contributed by atoms with Crippen LogP contribution >= 0.6 is 27.5 Å². The van der Waals surface area contributed by atoms with Crippen LogP contribution in [0.1, 0.15) is 17.1 Å². The second-order valence-electron chi connectivity index (χ2n) is 4.19. The van der Waals surface area contributed by atoms with E-state index in [1.165, 1.54) is 0 Å². The second kappa shape index (κ2) is 6.46. The summed E-state index contributed by atoms with van der Waals surface area (Å²) in [6.45, 7) is 3.08. The third-order valence-corrected chi connectivity index (χ3v) is 3.50. The number of benzene rings is 1. The molecule has 0 aliphatic rings. The summed E-state index contributed by atoms with van der Waals surface area (Å²) in [6.07, 6.45) is 0. The Morgan fingerprint density at radius 1 is 1.37 bits per heavy atom. The minimum Gasteiger partial charge on any atom is -0.487 e. The van der Waals surface area contributed by atoms with Crippen molar-refractivity contribution in [3.8, 4) is 5.75 Å². The van der Waals surface area contributed by atoms with E-state index >= 15 is 0 Å². The van der Waals surface area contributed by atoms with Crippen LogP contribution in [0.4, 0.5) is 0 Å². The molecule has 0 aliphatic heterocycles. The molecule has 0 saturated carbocycles. The van der Waals surface area contributed by atoms with E-state index in [-0.39, 0.29) is 0 Å². The maximum Gasteiger partial charge on any atom is 0.139 e. The van der Waals surface area contributed by atoms with Crippen LogP contribution in [0.5, 0.6) is 5.75 Å². The molecule has 0 amide bonds. The van der Waals surface area contributed by atoms with Gasteiger partial charge in [-0.3, -0.25) is 0 Å². The van der Waals surface area contributed by atoms with Gasteiger partial charge < -0.3 is 14.5 Å². The van der Waals surface area contributed by atoms with Gasteiger partial charge in [-0.15, -0.1) is 0 Å². The molecule has 2 rings (SSSR count). The number of aryl methyl sites for hydroxylation is 1. The Balaban J connectivity index is 2.07. The molecule has 0 fully saturated rings. The molecule has 0 radical (unpaired) electrons. The largest absolute Gasteiger partial charge is 0.487 e. The van der Waals surface area contributed by atoms with Crippen LogP contribution in [0.2, 0.25) is 5.02 Å². The Morgan fingerprint density at radius 2 is 2.16 bits per heavy atom. The predicted octanol–water partition coefficient (Wildman–Crippen LogP) is 4.30. The lowest BCUT2D eigenvalue weighted by molar-refractivity contribution is 0.303. The summed E-state index contributed by atoms with van der Waals surface area (Å²) < 4.78 is 12.3. The smallest absolute Gasteiger partial charge is 0.139 e. The highest BCUT2D eigenvalue weighted by atomic mass is 79.9. The Bertz CT molecular complexity index is 569. The van der Waals surface area contributed by atoms with Gasteiger partial charge in [0.1, 0.15) is 23.9 Å². The Labute approximate surface area is 126 Å². The minimum atomic E-state index is 0.440. The van der Waals surface area contributed by atoms with Crippen LogP contribution in [0.15, 0.2) is 33.2 Å². The van der Waals surface area contributed by atoms with Crippen LogP contribution in [-0.4, -0.2) is 7.05 Å². The molecule has 3 nitrogen and oxygen atoms in total. The van der Waals surface area contributed by atoms with Crippen LogP contribution in [0.3, 0.4) is 0 Å². The van der Waals surface area contributed by atoms with Crippen molar-refractivity contribution in [1.82, 2.24) is 5.32 Å². The fraction of sp³-hybridized carbons (Fsp3) is 0.286. The summed E-state index contributed by atoms with van der Waals surface area (Å²) in [6, 6.07) is 7.53. The number of hydrogen-bond donors (Lipinski definition) is 1. The molecule has 0 bridgehead atoms. The molecule has 19 heavy (non-hydrogen) atoms. The quantitative estimate of drug-likeness (QED) is 0.878. The number of nitrogens with one attached hydrogen (secondary N) is 1. The molecule has 102 valence electrons. The van der Waals surface area contributed by atoms with Crippen molar-refractivity contribution in [3.63, 3.8) is 0 Å². The summed E-state index contributed by atoms with van der Waals surface area (Å²) in [4.78, 5) is 0. The molecule has 0 unspecified atom stereocenters. The first-order valence-electron chi connectivity index (χ1n) is 5.91. The number of hydrogen-bond acceptors (Lipinski definition) is 3. The van der Waals surface area contributed by atoms with Crippen LogP contribution in [-0.2, 0) is 13.2 Å². The van der Waals surface area contributed by atoms with Crippen molar-refractivity contribution in [1.29, 1.82) is 0 Å². The average Bonchev–Trinajstić information content (AvgIpc) is 2.71. The van der Waals surface area contributed by atoms with Crippen molar-refractivity contribution < 1.29 is 9.15 Å². The van der Waals surface area contributed by atoms with Crippen LogP contribution < -0.4 is 10.1 Å². The van der Waals surface area contributed by atoms with E-state index in [9.17, 15) is 0 Å². The van der Waals surface area contributed by atoms with E-state index in [0.29, 0.717) is 23.9 Å². The number of halogens is 2.